The number of likely N-dealkylation sites (tertiary alicyclic amines) is 1. The van der Waals surface area contributed by atoms with Gasteiger partial charge in [0.25, 0.3) is 0 Å². The Kier molecular flexibility index (Phi) is 6.57. The van der Waals surface area contributed by atoms with Crippen LogP contribution in [0.2, 0.25) is 0 Å². The van der Waals surface area contributed by atoms with Crippen molar-refractivity contribution in [3.05, 3.63) is 65.5 Å². The minimum absolute atomic E-state index is 0. The fourth-order valence-corrected chi connectivity index (χ4v) is 4.52. The van der Waals surface area contributed by atoms with Gasteiger partial charge in [-0.25, -0.2) is 4.39 Å². The van der Waals surface area contributed by atoms with Crippen molar-refractivity contribution in [2.75, 3.05) is 26.7 Å². The molecule has 0 aliphatic carbocycles. The van der Waals surface area contributed by atoms with E-state index < -0.39 is 0 Å². The maximum Gasteiger partial charge on any atom is 0.223 e. The molecule has 2 saturated heterocycles. The lowest BCUT2D eigenvalue weighted by Gasteiger charge is -2.28. The normalized spacial score (nSPS) is 23.2. The predicted octanol–water partition coefficient (Wildman–Crippen LogP) is 3.61. The molecule has 0 aromatic heterocycles. The van der Waals surface area contributed by atoms with Crippen LogP contribution in [0.25, 0.3) is 0 Å². The number of rotatable bonds is 5. The van der Waals surface area contributed by atoms with Gasteiger partial charge in [-0.2, -0.15) is 0 Å². The predicted molar refractivity (Wildman–Crippen MR) is 109 cm³/mol. The van der Waals surface area contributed by atoms with Crippen molar-refractivity contribution in [2.24, 2.45) is 11.8 Å². The molecule has 6 heteroatoms. The molecule has 2 heterocycles. The smallest absolute Gasteiger partial charge is 0.223 e. The Morgan fingerprint density at radius 3 is 2.82 bits per heavy atom. The molecule has 2 fully saturated rings. The highest BCUT2D eigenvalue weighted by Gasteiger charge is 2.46. The molecule has 1 N–H and O–H groups in total. The topological polar surface area (TPSA) is 41.6 Å². The van der Waals surface area contributed by atoms with Crippen molar-refractivity contribution < 1.29 is 13.9 Å². The maximum absolute atomic E-state index is 13.8. The molecule has 1 amide bonds. The number of carbonyl (C=O) groups is 1. The minimum atomic E-state index is -0.245. The summed E-state index contributed by atoms with van der Waals surface area (Å²) in [7, 11) is 1.64. The van der Waals surface area contributed by atoms with Crippen LogP contribution in [0.5, 0.6) is 5.75 Å². The number of fused-ring (bicyclic) bond motifs is 1. The second-order valence-corrected chi connectivity index (χ2v) is 7.48. The quantitative estimate of drug-likeness (QED) is 0.827. The highest BCUT2D eigenvalue weighted by atomic mass is 35.5. The first-order chi connectivity index (χ1) is 13.2. The standard InChI is InChI=1S/C22H25FN2O2.ClH/c1-27-19-7-2-4-15(10-19)8-9-21(26)25-14-17-12-24-13-20(17)22(25)16-5-3-6-18(23)11-16;/h2-7,10-11,17,20,22,24H,8-9,12-14H2,1H3;1H/t17-,20-,22+;/m0./s1. The molecule has 0 bridgehead atoms. The minimum Gasteiger partial charge on any atom is -0.497 e. The summed E-state index contributed by atoms with van der Waals surface area (Å²) in [5, 5.41) is 3.42. The molecule has 4 nitrogen and oxygen atoms in total. The average Bonchev–Trinajstić information content (AvgIpc) is 3.27. The monoisotopic (exact) mass is 404 g/mol. The van der Waals surface area contributed by atoms with Crippen LogP contribution in [-0.2, 0) is 11.2 Å². The van der Waals surface area contributed by atoms with E-state index in [-0.39, 0.29) is 30.2 Å². The van der Waals surface area contributed by atoms with Gasteiger partial charge in [0, 0.05) is 32.0 Å². The van der Waals surface area contributed by atoms with Crippen molar-refractivity contribution in [3.63, 3.8) is 0 Å². The third-order valence-corrected chi connectivity index (χ3v) is 5.84. The zero-order chi connectivity index (χ0) is 18.8. The van der Waals surface area contributed by atoms with Crippen molar-refractivity contribution >= 4 is 18.3 Å². The molecule has 2 aromatic rings. The molecule has 0 saturated carbocycles. The molecule has 2 aromatic carbocycles. The van der Waals surface area contributed by atoms with E-state index in [4.69, 9.17) is 4.74 Å². The number of benzene rings is 2. The molecule has 0 unspecified atom stereocenters. The first kappa shape index (κ1) is 20.6. The van der Waals surface area contributed by atoms with Gasteiger partial charge in [0.1, 0.15) is 11.6 Å². The van der Waals surface area contributed by atoms with E-state index in [1.807, 2.05) is 35.2 Å². The number of carbonyl (C=O) groups excluding carboxylic acids is 1. The second kappa shape index (κ2) is 8.93. The first-order valence-electron chi connectivity index (χ1n) is 9.54. The second-order valence-electron chi connectivity index (χ2n) is 7.48. The molecule has 3 atom stereocenters. The van der Waals surface area contributed by atoms with Crippen molar-refractivity contribution in [3.8, 4) is 5.75 Å². The van der Waals surface area contributed by atoms with Crippen LogP contribution in [0.4, 0.5) is 4.39 Å². The Morgan fingerprint density at radius 2 is 2.04 bits per heavy atom. The average molecular weight is 405 g/mol. The third kappa shape index (κ3) is 4.15. The number of amides is 1. The van der Waals surface area contributed by atoms with E-state index >= 15 is 0 Å². The first-order valence-corrected chi connectivity index (χ1v) is 9.54. The van der Waals surface area contributed by atoms with E-state index in [1.54, 1.807) is 19.2 Å². The van der Waals surface area contributed by atoms with Crippen LogP contribution in [0.15, 0.2) is 48.5 Å². The number of methoxy groups -OCH3 is 1. The van der Waals surface area contributed by atoms with Gasteiger partial charge >= 0.3 is 0 Å². The van der Waals surface area contributed by atoms with Gasteiger partial charge in [0.05, 0.1) is 13.2 Å². The molecule has 150 valence electrons. The zero-order valence-corrected chi connectivity index (χ0v) is 16.8. The van der Waals surface area contributed by atoms with Crippen LogP contribution in [-0.4, -0.2) is 37.6 Å². The highest BCUT2D eigenvalue weighted by Crippen LogP contribution is 2.43. The van der Waals surface area contributed by atoms with Crippen LogP contribution >= 0.6 is 12.4 Å². The van der Waals surface area contributed by atoms with Crippen molar-refractivity contribution in [1.82, 2.24) is 10.2 Å². The number of ether oxygens (including phenoxy) is 1. The molecule has 2 aliphatic rings. The summed E-state index contributed by atoms with van der Waals surface area (Å²) in [5.41, 5.74) is 1.99. The Morgan fingerprint density at radius 1 is 1.21 bits per heavy atom. The molecule has 0 spiro atoms. The van der Waals surface area contributed by atoms with E-state index in [1.165, 1.54) is 6.07 Å². The molecular weight excluding hydrogens is 379 g/mol. The number of hydrogen-bond acceptors (Lipinski definition) is 3. The Labute approximate surface area is 171 Å². The van der Waals surface area contributed by atoms with Gasteiger partial charge in [-0.15, -0.1) is 12.4 Å². The van der Waals surface area contributed by atoms with Crippen molar-refractivity contribution in [1.29, 1.82) is 0 Å². The summed E-state index contributed by atoms with van der Waals surface area (Å²) in [4.78, 5) is 15.0. The van der Waals surface area contributed by atoms with Gasteiger partial charge < -0.3 is 15.0 Å². The molecule has 28 heavy (non-hydrogen) atoms. The summed E-state index contributed by atoms with van der Waals surface area (Å²) in [6, 6.07) is 14.5. The van der Waals surface area contributed by atoms with E-state index in [2.05, 4.69) is 5.32 Å². The van der Waals surface area contributed by atoms with Gasteiger partial charge in [-0.05, 0) is 47.7 Å². The summed E-state index contributed by atoms with van der Waals surface area (Å²) in [6.45, 7) is 2.55. The lowest BCUT2D eigenvalue weighted by Crippen LogP contribution is -2.34. The number of halogens is 2. The van der Waals surface area contributed by atoms with E-state index in [0.717, 1.165) is 36.5 Å². The number of nitrogens with zero attached hydrogens (tertiary/aromatic N) is 1. The van der Waals surface area contributed by atoms with E-state index in [0.29, 0.717) is 24.7 Å². The van der Waals surface area contributed by atoms with Gasteiger partial charge in [0.15, 0.2) is 0 Å². The zero-order valence-electron chi connectivity index (χ0n) is 15.9. The van der Waals surface area contributed by atoms with Crippen LogP contribution in [0.1, 0.15) is 23.6 Å². The summed E-state index contributed by atoms with van der Waals surface area (Å²) < 4.78 is 19.1. The Hall–Kier alpha value is -2.11. The lowest BCUT2D eigenvalue weighted by atomic mass is 9.89. The summed E-state index contributed by atoms with van der Waals surface area (Å²) in [5.74, 6) is 1.50. The van der Waals surface area contributed by atoms with Crippen LogP contribution in [0, 0.1) is 17.7 Å². The Balaban J connectivity index is 0.00000225. The molecule has 0 radical (unpaired) electrons. The van der Waals surface area contributed by atoms with Gasteiger partial charge in [-0.3, -0.25) is 4.79 Å². The molecule has 4 rings (SSSR count). The fraction of sp³-hybridized carbons (Fsp3) is 0.409. The largest absolute Gasteiger partial charge is 0.497 e. The van der Waals surface area contributed by atoms with Crippen LogP contribution in [0.3, 0.4) is 0 Å². The molecule has 2 aliphatic heterocycles. The highest BCUT2D eigenvalue weighted by molar-refractivity contribution is 5.85. The van der Waals surface area contributed by atoms with Gasteiger partial charge in [0.2, 0.25) is 5.91 Å². The molecular formula is C22H26ClFN2O2. The fourth-order valence-electron chi connectivity index (χ4n) is 4.52. The number of hydrogen-bond donors (Lipinski definition) is 1. The third-order valence-electron chi connectivity index (χ3n) is 5.84. The maximum atomic E-state index is 13.8. The Bertz CT molecular complexity index is 832. The van der Waals surface area contributed by atoms with Crippen LogP contribution < -0.4 is 10.1 Å². The van der Waals surface area contributed by atoms with Gasteiger partial charge in [-0.1, -0.05) is 24.3 Å². The lowest BCUT2D eigenvalue weighted by molar-refractivity contribution is -0.132. The summed E-state index contributed by atoms with van der Waals surface area (Å²) in [6.07, 6.45) is 1.13. The van der Waals surface area contributed by atoms with Crippen molar-refractivity contribution in [2.45, 2.75) is 18.9 Å². The van der Waals surface area contributed by atoms with E-state index in [9.17, 15) is 9.18 Å². The number of nitrogens with one attached hydrogen (secondary N) is 1. The summed E-state index contributed by atoms with van der Waals surface area (Å²) >= 11 is 0. The number of aryl methyl sites for hydroxylation is 1. The SMILES string of the molecule is COc1cccc(CCC(=O)N2C[C@@H]3CNC[C@@H]3[C@H]2c2cccc(F)c2)c1.Cl.